The third-order valence-corrected chi connectivity index (χ3v) is 3.73. The summed E-state index contributed by atoms with van der Waals surface area (Å²) in [7, 11) is 0. The Morgan fingerprint density at radius 3 is 2.95 bits per heavy atom. The van der Waals surface area contributed by atoms with Crippen LogP contribution in [0.15, 0.2) is 46.3 Å². The van der Waals surface area contributed by atoms with E-state index in [4.69, 9.17) is 5.73 Å². The Bertz CT molecular complexity index is 579. The Labute approximate surface area is 123 Å². The molecule has 1 aromatic carbocycles. The maximum absolute atomic E-state index is 11.8. The molecule has 3 N–H and O–H groups in total. The molecule has 0 aliphatic heterocycles. The van der Waals surface area contributed by atoms with Gasteiger partial charge in [0.15, 0.2) is 0 Å². The van der Waals surface area contributed by atoms with E-state index < -0.39 is 0 Å². The molecule has 0 atom stereocenters. The fourth-order valence-electron chi connectivity index (χ4n) is 1.32. The number of halogens is 1. The number of nitrogens with zero attached hydrogens (tertiary/aromatic N) is 2. The molecule has 0 unspecified atom stereocenters. The Morgan fingerprint density at radius 1 is 1.42 bits per heavy atom. The van der Waals surface area contributed by atoms with E-state index in [1.807, 2.05) is 0 Å². The number of benzene rings is 1. The van der Waals surface area contributed by atoms with Crippen molar-refractivity contribution < 1.29 is 4.79 Å². The van der Waals surface area contributed by atoms with E-state index in [2.05, 4.69) is 31.2 Å². The molecule has 19 heavy (non-hydrogen) atoms. The van der Waals surface area contributed by atoms with Crippen LogP contribution in [0.1, 0.15) is 0 Å². The topological polar surface area (TPSA) is 80.9 Å². The van der Waals surface area contributed by atoms with Crippen LogP contribution in [-0.4, -0.2) is 21.6 Å². The first kappa shape index (κ1) is 13.8. The minimum atomic E-state index is -0.110. The molecule has 0 aliphatic rings. The maximum Gasteiger partial charge on any atom is 0.234 e. The Kier molecular flexibility index (Phi) is 4.75. The molecule has 7 heteroatoms. The lowest BCUT2D eigenvalue weighted by molar-refractivity contribution is -0.113. The van der Waals surface area contributed by atoms with E-state index in [0.29, 0.717) is 16.4 Å². The Hall–Kier alpha value is -1.60. The summed E-state index contributed by atoms with van der Waals surface area (Å²) in [4.78, 5) is 19.8. The number of amides is 1. The second-order valence-electron chi connectivity index (χ2n) is 3.62. The molecule has 0 radical (unpaired) electrons. The zero-order valence-corrected chi connectivity index (χ0v) is 12.2. The number of thioether (sulfide) groups is 1. The first-order valence-electron chi connectivity index (χ1n) is 5.39. The second kappa shape index (κ2) is 6.53. The number of hydrogen-bond acceptors (Lipinski definition) is 5. The summed E-state index contributed by atoms with van der Waals surface area (Å²) in [5, 5.41) is 3.51. The summed E-state index contributed by atoms with van der Waals surface area (Å²) in [6, 6.07) is 5.23. The van der Waals surface area contributed by atoms with Crippen molar-refractivity contribution in [1.82, 2.24) is 9.97 Å². The summed E-state index contributed by atoms with van der Waals surface area (Å²) >= 11 is 4.68. The molecule has 0 saturated carbocycles. The summed E-state index contributed by atoms with van der Waals surface area (Å²) < 4.78 is 0.755. The highest BCUT2D eigenvalue weighted by Crippen LogP contribution is 2.25. The van der Waals surface area contributed by atoms with Crippen LogP contribution < -0.4 is 11.1 Å². The molecular formula is C12H11BrN4OS. The fourth-order valence-corrected chi connectivity index (χ4v) is 2.44. The molecule has 2 rings (SSSR count). The van der Waals surface area contributed by atoms with E-state index >= 15 is 0 Å². The molecule has 0 bridgehead atoms. The summed E-state index contributed by atoms with van der Waals surface area (Å²) in [5.74, 6) is 0.163. The van der Waals surface area contributed by atoms with Crippen LogP contribution >= 0.6 is 27.7 Å². The normalized spacial score (nSPS) is 10.2. The first-order chi connectivity index (χ1) is 9.15. The SMILES string of the molecule is Nc1ccc(NC(=O)CSc2cnccn2)c(Br)c1. The van der Waals surface area contributed by atoms with Gasteiger partial charge in [-0.05, 0) is 34.1 Å². The highest BCUT2D eigenvalue weighted by Gasteiger charge is 2.07. The number of nitrogens with one attached hydrogen (secondary N) is 1. The third kappa shape index (κ3) is 4.22. The molecule has 0 saturated heterocycles. The quantitative estimate of drug-likeness (QED) is 0.661. The van der Waals surface area contributed by atoms with Gasteiger partial charge in [-0.2, -0.15) is 0 Å². The molecule has 2 aromatic rings. The Balaban J connectivity index is 1.91. The zero-order chi connectivity index (χ0) is 13.7. The highest BCUT2D eigenvalue weighted by molar-refractivity contribution is 9.10. The van der Waals surface area contributed by atoms with Crippen LogP contribution in [0.25, 0.3) is 0 Å². The maximum atomic E-state index is 11.8. The number of nitrogens with two attached hydrogens (primary N) is 1. The van der Waals surface area contributed by atoms with Crippen LogP contribution in [0, 0.1) is 0 Å². The van der Waals surface area contributed by atoms with Crippen molar-refractivity contribution in [1.29, 1.82) is 0 Å². The van der Waals surface area contributed by atoms with Crippen LogP contribution in [-0.2, 0) is 4.79 Å². The van der Waals surface area contributed by atoms with E-state index in [1.54, 1.807) is 36.8 Å². The van der Waals surface area contributed by atoms with Crippen molar-refractivity contribution >= 4 is 45.0 Å². The summed E-state index contributed by atoms with van der Waals surface area (Å²) in [6.45, 7) is 0. The molecule has 5 nitrogen and oxygen atoms in total. The van der Waals surface area contributed by atoms with Crippen molar-refractivity contribution in [2.24, 2.45) is 0 Å². The van der Waals surface area contributed by atoms with Crippen LogP contribution in [0.4, 0.5) is 11.4 Å². The van der Waals surface area contributed by atoms with E-state index in [1.165, 1.54) is 11.8 Å². The predicted molar refractivity (Wildman–Crippen MR) is 79.9 cm³/mol. The zero-order valence-electron chi connectivity index (χ0n) is 9.84. The third-order valence-electron chi connectivity index (χ3n) is 2.16. The summed E-state index contributed by atoms with van der Waals surface area (Å²) in [5.41, 5.74) is 6.96. The largest absolute Gasteiger partial charge is 0.399 e. The molecule has 0 aliphatic carbocycles. The molecular weight excluding hydrogens is 328 g/mol. The van der Waals surface area contributed by atoms with Crippen molar-refractivity contribution in [2.45, 2.75) is 5.03 Å². The van der Waals surface area contributed by atoms with Gasteiger partial charge in [-0.25, -0.2) is 4.98 Å². The van der Waals surface area contributed by atoms with Gasteiger partial charge in [0, 0.05) is 22.6 Å². The molecule has 1 aromatic heterocycles. The lowest BCUT2D eigenvalue weighted by atomic mass is 10.3. The van der Waals surface area contributed by atoms with Gasteiger partial charge in [0.25, 0.3) is 0 Å². The van der Waals surface area contributed by atoms with Gasteiger partial charge in [0.2, 0.25) is 5.91 Å². The predicted octanol–water partition coefficient (Wildman–Crippen LogP) is 2.55. The number of rotatable bonds is 4. The lowest BCUT2D eigenvalue weighted by Gasteiger charge is -2.07. The van der Waals surface area contributed by atoms with Crippen molar-refractivity contribution in [2.75, 3.05) is 16.8 Å². The standard InChI is InChI=1S/C12H11BrN4OS/c13-9-5-8(14)1-2-10(9)17-11(18)7-19-12-6-15-3-4-16-12/h1-6H,7,14H2,(H,17,18). The first-order valence-corrected chi connectivity index (χ1v) is 7.16. The molecule has 1 amide bonds. The fraction of sp³-hybridized carbons (Fsp3) is 0.0833. The van der Waals surface area contributed by atoms with Gasteiger partial charge in [-0.1, -0.05) is 11.8 Å². The summed E-state index contributed by atoms with van der Waals surface area (Å²) in [6.07, 6.45) is 4.81. The highest BCUT2D eigenvalue weighted by atomic mass is 79.9. The van der Waals surface area contributed by atoms with E-state index in [-0.39, 0.29) is 11.7 Å². The number of nitrogen functional groups attached to an aromatic ring is 1. The molecule has 0 fully saturated rings. The average molecular weight is 339 g/mol. The minimum Gasteiger partial charge on any atom is -0.399 e. The second-order valence-corrected chi connectivity index (χ2v) is 5.47. The number of hydrogen-bond donors (Lipinski definition) is 2. The van der Waals surface area contributed by atoms with Crippen LogP contribution in [0.3, 0.4) is 0 Å². The smallest absolute Gasteiger partial charge is 0.234 e. The van der Waals surface area contributed by atoms with Gasteiger partial charge in [0.05, 0.1) is 17.6 Å². The number of aromatic nitrogens is 2. The number of carbonyl (C=O) groups is 1. The molecule has 1 heterocycles. The number of carbonyl (C=O) groups excluding carboxylic acids is 1. The van der Waals surface area contributed by atoms with Crippen molar-refractivity contribution in [3.8, 4) is 0 Å². The van der Waals surface area contributed by atoms with Gasteiger partial charge in [-0.3, -0.25) is 9.78 Å². The van der Waals surface area contributed by atoms with Crippen LogP contribution in [0.2, 0.25) is 0 Å². The monoisotopic (exact) mass is 338 g/mol. The van der Waals surface area contributed by atoms with E-state index in [9.17, 15) is 4.79 Å². The van der Waals surface area contributed by atoms with Crippen LogP contribution in [0.5, 0.6) is 0 Å². The van der Waals surface area contributed by atoms with Crippen molar-refractivity contribution in [3.05, 3.63) is 41.3 Å². The minimum absolute atomic E-state index is 0.110. The van der Waals surface area contributed by atoms with Gasteiger partial charge in [-0.15, -0.1) is 0 Å². The van der Waals surface area contributed by atoms with Gasteiger partial charge in [0.1, 0.15) is 5.03 Å². The average Bonchev–Trinajstić information content (AvgIpc) is 2.41. The molecule has 0 spiro atoms. The number of anilines is 2. The van der Waals surface area contributed by atoms with Crippen molar-refractivity contribution in [3.63, 3.8) is 0 Å². The van der Waals surface area contributed by atoms with E-state index in [0.717, 1.165) is 4.47 Å². The van der Waals surface area contributed by atoms with Gasteiger partial charge < -0.3 is 11.1 Å². The Morgan fingerprint density at radius 2 is 2.26 bits per heavy atom. The lowest BCUT2D eigenvalue weighted by Crippen LogP contribution is -2.14. The van der Waals surface area contributed by atoms with Gasteiger partial charge >= 0.3 is 0 Å². The molecule has 98 valence electrons.